The van der Waals surface area contributed by atoms with E-state index in [0.29, 0.717) is 18.2 Å². The van der Waals surface area contributed by atoms with Gasteiger partial charge in [-0.2, -0.15) is 0 Å². The number of aliphatic imine (C=N–C) groups is 2. The summed E-state index contributed by atoms with van der Waals surface area (Å²) < 4.78 is 7.06. The van der Waals surface area contributed by atoms with Crippen LogP contribution in [0.3, 0.4) is 0 Å². The third kappa shape index (κ3) is 6.94. The minimum Gasteiger partial charge on any atom is -0.455 e. The second kappa shape index (κ2) is 15.1. The number of nitrogens with two attached hydrogens (primary N) is 1. The average Bonchev–Trinajstić information content (AvgIpc) is 3.66. The van der Waals surface area contributed by atoms with E-state index in [-0.39, 0.29) is 5.92 Å². The molecule has 4 heteroatoms. The molecule has 0 aliphatic heterocycles. The molecule has 0 saturated carbocycles. The van der Waals surface area contributed by atoms with E-state index in [0.717, 1.165) is 72.9 Å². The number of hydrogen-bond acceptors (Lipinski definition) is 2. The van der Waals surface area contributed by atoms with Gasteiger partial charge in [0.15, 0.2) is 5.84 Å². The van der Waals surface area contributed by atoms with Crippen molar-refractivity contribution in [1.29, 1.82) is 0 Å². The fourth-order valence-corrected chi connectivity index (χ4v) is 7.54. The van der Waals surface area contributed by atoms with Crippen LogP contribution in [0.2, 0.25) is 0 Å². The molecule has 1 atom stereocenters. The second-order valence-electron chi connectivity index (χ2n) is 13.9. The molecular formula is C51H39N3O. The molecule has 0 spiro atoms. The Hall–Kier alpha value is -7.04. The second-order valence-corrected chi connectivity index (χ2v) is 13.9. The third-order valence-corrected chi connectivity index (χ3v) is 10.3. The fraction of sp³-hybridized carbons (Fsp3) is 0.0588. The average molecular weight is 710 g/mol. The number of amidine groups is 2. The number of hydrogen-bond donors (Lipinski definition) is 1. The minimum atomic E-state index is 0.154. The van der Waals surface area contributed by atoms with Crippen LogP contribution in [0.5, 0.6) is 0 Å². The van der Waals surface area contributed by atoms with Gasteiger partial charge in [-0.15, -0.1) is 0 Å². The maximum atomic E-state index is 7.06. The van der Waals surface area contributed by atoms with Crippen LogP contribution in [0.15, 0.2) is 214 Å². The molecule has 9 rings (SSSR count). The molecule has 1 aliphatic rings. The lowest BCUT2D eigenvalue weighted by molar-refractivity contribution is 0.670. The van der Waals surface area contributed by atoms with Crippen molar-refractivity contribution in [3.05, 3.63) is 216 Å². The maximum absolute atomic E-state index is 7.06. The zero-order valence-corrected chi connectivity index (χ0v) is 30.3. The van der Waals surface area contributed by atoms with E-state index in [1.807, 2.05) is 60.7 Å². The van der Waals surface area contributed by atoms with Crippen LogP contribution in [0.4, 0.5) is 0 Å². The van der Waals surface area contributed by atoms with Gasteiger partial charge < -0.3 is 10.2 Å². The van der Waals surface area contributed by atoms with Crippen molar-refractivity contribution in [2.45, 2.75) is 12.3 Å². The normalized spacial score (nSPS) is 14.7. The zero-order chi connectivity index (χ0) is 37.0. The van der Waals surface area contributed by atoms with E-state index in [1.54, 1.807) is 0 Å². The van der Waals surface area contributed by atoms with E-state index in [4.69, 9.17) is 20.1 Å². The van der Waals surface area contributed by atoms with Crippen molar-refractivity contribution in [3.8, 4) is 33.4 Å². The van der Waals surface area contributed by atoms with Gasteiger partial charge in [-0.3, -0.25) is 4.99 Å². The Morgan fingerprint density at radius 2 is 1.16 bits per heavy atom. The lowest BCUT2D eigenvalue weighted by atomic mass is 9.85. The Morgan fingerprint density at radius 1 is 0.582 bits per heavy atom. The fourth-order valence-electron chi connectivity index (χ4n) is 7.54. The van der Waals surface area contributed by atoms with E-state index in [1.165, 1.54) is 11.1 Å². The first-order valence-electron chi connectivity index (χ1n) is 18.8. The van der Waals surface area contributed by atoms with Gasteiger partial charge >= 0.3 is 0 Å². The zero-order valence-electron chi connectivity index (χ0n) is 30.3. The predicted octanol–water partition coefficient (Wildman–Crippen LogP) is 12.4. The first kappa shape index (κ1) is 33.8. The Labute approximate surface area is 321 Å². The SMILES string of the molecule is NC(=NC(=NCC1=CCC(c2ccc(-c3ccccc3)c3oc4c(-c5ccccc5)cc(-c5ccccc5)cc4c23)C=C1)c1ccccc1)c1ccccc1. The Balaban J connectivity index is 1.13. The molecule has 4 nitrogen and oxygen atoms in total. The van der Waals surface area contributed by atoms with Gasteiger partial charge in [-0.1, -0.05) is 182 Å². The van der Waals surface area contributed by atoms with Crippen LogP contribution in [-0.4, -0.2) is 18.2 Å². The summed E-state index contributed by atoms with van der Waals surface area (Å²) in [7, 11) is 0. The highest BCUT2D eigenvalue weighted by Gasteiger charge is 2.24. The van der Waals surface area contributed by atoms with Crippen LogP contribution in [-0.2, 0) is 0 Å². The predicted molar refractivity (Wildman–Crippen MR) is 230 cm³/mol. The van der Waals surface area contributed by atoms with Crippen LogP contribution in [0.1, 0.15) is 29.0 Å². The van der Waals surface area contributed by atoms with Crippen molar-refractivity contribution in [2.75, 3.05) is 6.54 Å². The summed E-state index contributed by atoms with van der Waals surface area (Å²) in [6.45, 7) is 0.497. The number of allylic oxidation sites excluding steroid dienone is 2. The molecule has 1 aromatic heterocycles. The standard InChI is InChI=1S/C51H39N3O/c52-50(40-22-12-4-13-23-40)54-51(41-24-14-5-15-25-41)53-34-35-26-28-39(29-27-35)43-30-31-44(37-18-8-2-9-19-37)49-47(43)46-33-42(36-16-6-1-7-17-36)32-45(48(46)55-49)38-20-10-3-11-21-38/h1-28,30-33,39H,29,34H2,(H2,52,53,54). The molecule has 55 heavy (non-hydrogen) atoms. The van der Waals surface area contributed by atoms with Gasteiger partial charge in [-0.05, 0) is 51.9 Å². The Bertz CT molecular complexity index is 2730. The highest BCUT2D eigenvalue weighted by molar-refractivity contribution is 6.16. The molecular weight excluding hydrogens is 671 g/mol. The summed E-state index contributed by atoms with van der Waals surface area (Å²) in [4.78, 5) is 9.80. The van der Waals surface area contributed by atoms with E-state index in [2.05, 4.69) is 133 Å². The summed E-state index contributed by atoms with van der Waals surface area (Å²) in [6, 6.07) is 60.7. The first-order valence-corrected chi connectivity index (χ1v) is 18.8. The van der Waals surface area contributed by atoms with Crippen molar-refractivity contribution in [3.63, 3.8) is 0 Å². The summed E-state index contributed by atoms with van der Waals surface area (Å²) in [5, 5.41) is 2.28. The summed E-state index contributed by atoms with van der Waals surface area (Å²) in [5.74, 6) is 1.21. The van der Waals surface area contributed by atoms with Crippen LogP contribution < -0.4 is 5.73 Å². The highest BCUT2D eigenvalue weighted by Crippen LogP contribution is 2.46. The molecule has 0 radical (unpaired) electrons. The van der Waals surface area contributed by atoms with Crippen molar-refractivity contribution < 1.29 is 4.42 Å². The van der Waals surface area contributed by atoms with E-state index >= 15 is 0 Å². The van der Waals surface area contributed by atoms with Crippen LogP contribution in [0, 0.1) is 0 Å². The lowest BCUT2D eigenvalue weighted by Crippen LogP contribution is -2.16. The monoisotopic (exact) mass is 709 g/mol. The molecule has 8 aromatic rings. The molecule has 0 fully saturated rings. The van der Waals surface area contributed by atoms with E-state index in [9.17, 15) is 0 Å². The molecule has 2 N–H and O–H groups in total. The molecule has 0 bridgehead atoms. The molecule has 1 heterocycles. The largest absolute Gasteiger partial charge is 0.455 e. The maximum Gasteiger partial charge on any atom is 0.157 e. The topological polar surface area (TPSA) is 63.9 Å². The molecule has 0 saturated heterocycles. The van der Waals surface area contributed by atoms with Gasteiger partial charge in [0, 0.05) is 38.9 Å². The molecule has 0 amide bonds. The van der Waals surface area contributed by atoms with E-state index < -0.39 is 0 Å². The first-order chi connectivity index (χ1) is 27.2. The van der Waals surface area contributed by atoms with Crippen molar-refractivity contribution >= 4 is 33.6 Å². The summed E-state index contributed by atoms with van der Waals surface area (Å²) in [5.41, 5.74) is 19.2. The molecule has 264 valence electrons. The van der Waals surface area contributed by atoms with Gasteiger partial charge in [0.25, 0.3) is 0 Å². The molecule has 1 unspecified atom stereocenters. The molecule has 7 aromatic carbocycles. The van der Waals surface area contributed by atoms with Gasteiger partial charge in [0.2, 0.25) is 0 Å². The quantitative estimate of drug-likeness (QED) is 0.126. The van der Waals surface area contributed by atoms with Gasteiger partial charge in [0.05, 0.1) is 6.54 Å². The Kier molecular flexibility index (Phi) is 9.29. The number of rotatable bonds is 8. The molecule has 1 aliphatic carbocycles. The van der Waals surface area contributed by atoms with Crippen LogP contribution >= 0.6 is 0 Å². The third-order valence-electron chi connectivity index (χ3n) is 10.3. The van der Waals surface area contributed by atoms with Crippen molar-refractivity contribution in [2.24, 2.45) is 15.7 Å². The summed E-state index contributed by atoms with van der Waals surface area (Å²) >= 11 is 0. The van der Waals surface area contributed by atoms with Crippen LogP contribution in [0.25, 0.3) is 55.3 Å². The Morgan fingerprint density at radius 3 is 1.78 bits per heavy atom. The van der Waals surface area contributed by atoms with Gasteiger partial charge in [0.1, 0.15) is 17.0 Å². The lowest BCUT2D eigenvalue weighted by Gasteiger charge is -2.18. The minimum absolute atomic E-state index is 0.154. The number of furan rings is 1. The number of fused-ring (bicyclic) bond motifs is 3. The summed E-state index contributed by atoms with van der Waals surface area (Å²) in [6.07, 6.45) is 7.69. The smallest absolute Gasteiger partial charge is 0.157 e. The number of nitrogens with zero attached hydrogens (tertiary/aromatic N) is 2. The number of benzene rings is 7. The van der Waals surface area contributed by atoms with Gasteiger partial charge in [-0.25, -0.2) is 4.99 Å². The van der Waals surface area contributed by atoms with Crippen molar-refractivity contribution in [1.82, 2.24) is 0 Å². The highest BCUT2D eigenvalue weighted by atomic mass is 16.3.